The number of hydrogen-bond acceptors (Lipinski definition) is 5. The van der Waals surface area contributed by atoms with Crippen LogP contribution in [0.3, 0.4) is 0 Å². The molecule has 0 radical (unpaired) electrons. The average Bonchev–Trinajstić information content (AvgIpc) is 3.13. The van der Waals surface area contributed by atoms with Gasteiger partial charge in [-0.3, -0.25) is 29.4 Å². The van der Waals surface area contributed by atoms with Gasteiger partial charge >= 0.3 is 0 Å². The van der Waals surface area contributed by atoms with Gasteiger partial charge in [-0.1, -0.05) is 0 Å². The largest absolute Gasteiger partial charge is 0.342 e. The molecule has 2 aliphatic heterocycles. The molecule has 1 saturated heterocycles. The quantitative estimate of drug-likeness (QED) is 0.457. The molecule has 8 nitrogen and oxygen atoms in total. The summed E-state index contributed by atoms with van der Waals surface area (Å²) in [7, 11) is 0. The zero-order chi connectivity index (χ0) is 17.7. The third-order valence-electron chi connectivity index (χ3n) is 5.27. The van der Waals surface area contributed by atoms with Crippen LogP contribution < -0.4 is 0 Å². The van der Waals surface area contributed by atoms with Gasteiger partial charge in [0.1, 0.15) is 0 Å². The van der Waals surface area contributed by atoms with E-state index in [4.69, 9.17) is 0 Å². The van der Waals surface area contributed by atoms with Crippen molar-refractivity contribution in [1.29, 1.82) is 0 Å². The zero-order valence-electron chi connectivity index (χ0n) is 13.5. The van der Waals surface area contributed by atoms with Gasteiger partial charge in [-0.05, 0) is 30.7 Å². The van der Waals surface area contributed by atoms with Crippen LogP contribution in [0.1, 0.15) is 40.0 Å². The van der Waals surface area contributed by atoms with Crippen molar-refractivity contribution < 1.29 is 19.3 Å². The lowest BCUT2D eigenvalue weighted by molar-refractivity contribution is -0.384. The lowest BCUT2D eigenvalue weighted by atomic mass is 10.1. The molecule has 2 fully saturated rings. The molecule has 0 N–H and O–H groups in total. The highest BCUT2D eigenvalue weighted by molar-refractivity contribution is 6.21. The van der Waals surface area contributed by atoms with Crippen molar-refractivity contribution in [3.63, 3.8) is 0 Å². The van der Waals surface area contributed by atoms with Crippen LogP contribution in [0.2, 0.25) is 0 Å². The summed E-state index contributed by atoms with van der Waals surface area (Å²) < 4.78 is 0. The highest BCUT2D eigenvalue weighted by Gasteiger charge is 2.46. The van der Waals surface area contributed by atoms with Gasteiger partial charge in [0.2, 0.25) is 5.91 Å². The van der Waals surface area contributed by atoms with Crippen LogP contribution in [-0.4, -0.2) is 52.1 Å². The Bertz CT molecular complexity index is 795. The van der Waals surface area contributed by atoms with E-state index in [0.29, 0.717) is 24.7 Å². The van der Waals surface area contributed by atoms with Crippen molar-refractivity contribution in [3.8, 4) is 0 Å². The number of hydrogen-bond donors (Lipinski definition) is 0. The third kappa shape index (κ3) is 2.67. The van der Waals surface area contributed by atoms with Crippen molar-refractivity contribution in [2.24, 2.45) is 11.8 Å². The van der Waals surface area contributed by atoms with E-state index in [1.165, 1.54) is 18.6 Å². The Kier molecular flexibility index (Phi) is 3.55. The normalized spacial score (nSPS) is 23.7. The number of fused-ring (bicyclic) bond motifs is 2. The maximum atomic E-state index is 12.3. The number of nitrogens with zero attached hydrogens (tertiary/aromatic N) is 3. The van der Waals surface area contributed by atoms with Crippen LogP contribution in [-0.2, 0) is 4.79 Å². The first-order chi connectivity index (χ1) is 12.0. The number of likely N-dealkylation sites (tertiary alicyclic amines) is 1. The second-order valence-corrected chi connectivity index (χ2v) is 6.91. The van der Waals surface area contributed by atoms with E-state index in [1.54, 1.807) is 0 Å². The molecule has 2 unspecified atom stereocenters. The first kappa shape index (κ1) is 15.7. The van der Waals surface area contributed by atoms with Crippen LogP contribution in [0.4, 0.5) is 5.69 Å². The first-order valence-electron chi connectivity index (χ1n) is 8.38. The number of imide groups is 1. The van der Waals surface area contributed by atoms with Crippen molar-refractivity contribution in [3.05, 3.63) is 39.4 Å². The molecule has 0 aromatic heterocycles. The number of non-ortho nitro benzene ring substituents is 1. The lowest BCUT2D eigenvalue weighted by Crippen LogP contribution is -2.33. The number of nitro benzene ring substituents is 1. The van der Waals surface area contributed by atoms with Crippen LogP contribution in [0.5, 0.6) is 0 Å². The number of carbonyl (C=O) groups excluding carboxylic acids is 3. The number of rotatable bonds is 5. The highest BCUT2D eigenvalue weighted by Crippen LogP contribution is 2.45. The Balaban J connectivity index is 1.36. The topological polar surface area (TPSA) is 101 Å². The fourth-order valence-electron chi connectivity index (χ4n) is 3.74. The Morgan fingerprint density at radius 3 is 2.52 bits per heavy atom. The van der Waals surface area contributed by atoms with E-state index in [-0.39, 0.29) is 29.3 Å². The van der Waals surface area contributed by atoms with E-state index < -0.39 is 16.7 Å². The average molecular weight is 343 g/mol. The highest BCUT2D eigenvalue weighted by atomic mass is 16.6. The van der Waals surface area contributed by atoms with E-state index in [9.17, 15) is 24.5 Å². The molecule has 1 saturated carbocycles. The van der Waals surface area contributed by atoms with Gasteiger partial charge in [0.15, 0.2) is 0 Å². The number of amides is 3. The molecule has 2 atom stereocenters. The summed E-state index contributed by atoms with van der Waals surface area (Å²) in [4.78, 5) is 50.0. The molecule has 0 bridgehead atoms. The third-order valence-corrected chi connectivity index (χ3v) is 5.27. The van der Waals surface area contributed by atoms with E-state index in [1.807, 2.05) is 4.90 Å². The number of benzene rings is 1. The Morgan fingerprint density at radius 2 is 1.84 bits per heavy atom. The van der Waals surface area contributed by atoms with Gasteiger partial charge in [0.25, 0.3) is 17.5 Å². The second-order valence-electron chi connectivity index (χ2n) is 6.91. The maximum Gasteiger partial charge on any atom is 0.270 e. The summed E-state index contributed by atoms with van der Waals surface area (Å²) >= 11 is 0. The number of nitro groups is 1. The van der Waals surface area contributed by atoms with Crippen molar-refractivity contribution in [2.75, 3.05) is 19.6 Å². The lowest BCUT2D eigenvalue weighted by Gasteiger charge is -2.19. The predicted molar refractivity (Wildman–Crippen MR) is 85.9 cm³/mol. The van der Waals surface area contributed by atoms with Crippen molar-refractivity contribution in [1.82, 2.24) is 9.80 Å². The minimum atomic E-state index is -0.597. The van der Waals surface area contributed by atoms with Crippen LogP contribution in [0.25, 0.3) is 0 Å². The fraction of sp³-hybridized carbons (Fsp3) is 0.471. The summed E-state index contributed by atoms with van der Waals surface area (Å²) in [5.74, 6) is 0.440. The molecule has 4 rings (SSSR count). The Morgan fingerprint density at radius 1 is 1.16 bits per heavy atom. The van der Waals surface area contributed by atoms with Gasteiger partial charge in [0.05, 0.1) is 16.1 Å². The van der Waals surface area contributed by atoms with Crippen LogP contribution >= 0.6 is 0 Å². The monoisotopic (exact) mass is 343 g/mol. The Labute approximate surface area is 143 Å². The molecule has 3 amide bonds. The minimum absolute atomic E-state index is 0.0603. The molecule has 8 heteroatoms. The smallest absolute Gasteiger partial charge is 0.270 e. The van der Waals surface area contributed by atoms with Crippen molar-refractivity contribution >= 4 is 23.4 Å². The molecule has 3 aliphatic rings. The molecule has 1 aromatic rings. The molecule has 1 aromatic carbocycles. The summed E-state index contributed by atoms with van der Waals surface area (Å²) in [6.45, 7) is 1.81. The molecule has 1 aliphatic carbocycles. The molecule has 25 heavy (non-hydrogen) atoms. The molecular formula is C17H17N3O5. The predicted octanol–water partition coefficient (Wildman–Crippen LogP) is 1.45. The summed E-state index contributed by atoms with van der Waals surface area (Å²) in [6.07, 6.45) is 1.93. The summed E-state index contributed by atoms with van der Waals surface area (Å²) in [5.41, 5.74) is 0.0243. The number of piperidine rings is 1. The standard InChI is InChI=1S/C17H17N3O5/c21-15(18-8-10-6-11(10)9-18)2-1-5-19-16(22)13-4-3-12(20(24)25)7-14(13)17(19)23/h3-4,7,10-11H,1-2,5-6,8-9H2. The number of carbonyl (C=O) groups is 3. The summed E-state index contributed by atoms with van der Waals surface area (Å²) in [6, 6.07) is 3.67. The van der Waals surface area contributed by atoms with E-state index in [0.717, 1.165) is 24.1 Å². The van der Waals surface area contributed by atoms with E-state index >= 15 is 0 Å². The first-order valence-corrected chi connectivity index (χ1v) is 8.38. The molecule has 2 heterocycles. The van der Waals surface area contributed by atoms with Crippen molar-refractivity contribution in [2.45, 2.75) is 19.3 Å². The van der Waals surface area contributed by atoms with Gasteiger partial charge in [0, 0.05) is 38.2 Å². The second kappa shape index (κ2) is 5.65. The minimum Gasteiger partial charge on any atom is -0.342 e. The molecule has 130 valence electrons. The van der Waals surface area contributed by atoms with Gasteiger partial charge in [-0.2, -0.15) is 0 Å². The van der Waals surface area contributed by atoms with Crippen LogP contribution in [0, 0.1) is 22.0 Å². The molecule has 0 spiro atoms. The van der Waals surface area contributed by atoms with Gasteiger partial charge in [-0.25, -0.2) is 0 Å². The van der Waals surface area contributed by atoms with Crippen LogP contribution in [0.15, 0.2) is 18.2 Å². The fourth-order valence-corrected chi connectivity index (χ4v) is 3.74. The van der Waals surface area contributed by atoms with Gasteiger partial charge in [-0.15, -0.1) is 0 Å². The van der Waals surface area contributed by atoms with Gasteiger partial charge < -0.3 is 4.90 Å². The van der Waals surface area contributed by atoms with E-state index in [2.05, 4.69) is 0 Å². The Hall–Kier alpha value is -2.77. The zero-order valence-corrected chi connectivity index (χ0v) is 13.5. The maximum absolute atomic E-state index is 12.3. The SMILES string of the molecule is O=C(CCCN1C(=O)c2ccc([N+](=O)[O-])cc2C1=O)N1CC2CC2C1. The summed E-state index contributed by atoms with van der Waals surface area (Å²) in [5, 5.41) is 10.8. The molecular weight excluding hydrogens is 326 g/mol.